The van der Waals surface area contributed by atoms with Crippen molar-refractivity contribution >= 4 is 33.0 Å². The van der Waals surface area contributed by atoms with E-state index < -0.39 is 33.3 Å². The predicted octanol–water partition coefficient (Wildman–Crippen LogP) is 8.89. The van der Waals surface area contributed by atoms with Crippen molar-refractivity contribution < 1.29 is 36.3 Å². The highest BCUT2D eigenvalue weighted by molar-refractivity contribution is 7.91. The van der Waals surface area contributed by atoms with Crippen LogP contribution < -0.4 is 20.1 Å². The first-order valence-electron chi connectivity index (χ1n) is 14.8. The van der Waals surface area contributed by atoms with Gasteiger partial charge in [0.1, 0.15) is 34.6 Å². The summed E-state index contributed by atoms with van der Waals surface area (Å²) in [6, 6.07) is 35.7. The molecule has 2 N–H and O–H groups in total. The molecule has 0 aliphatic rings. The molecular formula is C38H26F2N2O6S. The second kappa shape index (κ2) is 14.2. The van der Waals surface area contributed by atoms with Crippen LogP contribution in [0.3, 0.4) is 0 Å². The van der Waals surface area contributed by atoms with Crippen LogP contribution in [0.1, 0.15) is 20.7 Å². The van der Waals surface area contributed by atoms with E-state index in [4.69, 9.17) is 9.47 Å². The first-order valence-corrected chi connectivity index (χ1v) is 16.3. The Labute approximate surface area is 280 Å². The maximum atomic E-state index is 13.4. The molecule has 0 atom stereocenters. The topological polar surface area (TPSA) is 111 Å². The molecule has 0 spiro atoms. The third-order valence-corrected chi connectivity index (χ3v) is 8.92. The Hall–Kier alpha value is -6.33. The van der Waals surface area contributed by atoms with Crippen molar-refractivity contribution in [2.75, 3.05) is 10.6 Å². The summed E-state index contributed by atoms with van der Waals surface area (Å²) in [5, 5.41) is 5.38. The van der Waals surface area contributed by atoms with Gasteiger partial charge in [0.25, 0.3) is 11.8 Å². The summed E-state index contributed by atoms with van der Waals surface area (Å²) in [7, 11) is -3.84. The molecule has 0 aliphatic carbocycles. The number of hydrogen-bond donors (Lipinski definition) is 2. The number of benzene rings is 6. The van der Waals surface area contributed by atoms with Gasteiger partial charge in [-0.1, -0.05) is 12.1 Å². The second-order valence-electron chi connectivity index (χ2n) is 10.6. The zero-order chi connectivity index (χ0) is 34.4. The summed E-state index contributed by atoms with van der Waals surface area (Å²) in [5.74, 6) is -0.201. The number of carbonyl (C=O) groups is 2. The van der Waals surface area contributed by atoms with Gasteiger partial charge in [-0.2, -0.15) is 0 Å². The first kappa shape index (κ1) is 32.6. The number of amides is 2. The van der Waals surface area contributed by atoms with E-state index in [2.05, 4.69) is 10.6 Å². The Morgan fingerprint density at radius 3 is 1.12 bits per heavy atom. The van der Waals surface area contributed by atoms with Crippen LogP contribution in [0.25, 0.3) is 0 Å². The predicted molar refractivity (Wildman–Crippen MR) is 180 cm³/mol. The highest BCUT2D eigenvalue weighted by Crippen LogP contribution is 2.29. The zero-order valence-electron chi connectivity index (χ0n) is 25.5. The molecule has 0 saturated heterocycles. The first-order chi connectivity index (χ1) is 23.6. The number of sulfone groups is 1. The maximum Gasteiger partial charge on any atom is 0.255 e. The molecule has 11 heteroatoms. The van der Waals surface area contributed by atoms with Gasteiger partial charge in [-0.15, -0.1) is 0 Å². The smallest absolute Gasteiger partial charge is 0.255 e. The summed E-state index contributed by atoms with van der Waals surface area (Å²) in [5.41, 5.74) is 1.36. The quantitative estimate of drug-likeness (QED) is 0.150. The van der Waals surface area contributed by atoms with Crippen LogP contribution in [-0.4, -0.2) is 20.2 Å². The summed E-state index contributed by atoms with van der Waals surface area (Å²) in [4.78, 5) is 24.8. The van der Waals surface area contributed by atoms with E-state index >= 15 is 0 Å². The Balaban J connectivity index is 1.03. The van der Waals surface area contributed by atoms with E-state index in [-0.39, 0.29) is 20.9 Å². The lowest BCUT2D eigenvalue weighted by Crippen LogP contribution is -2.11. The number of halogens is 2. The van der Waals surface area contributed by atoms with Crippen molar-refractivity contribution in [2.24, 2.45) is 0 Å². The van der Waals surface area contributed by atoms with Gasteiger partial charge in [-0.05, 0) is 133 Å². The van der Waals surface area contributed by atoms with Gasteiger partial charge >= 0.3 is 0 Å². The van der Waals surface area contributed by atoms with Crippen LogP contribution >= 0.6 is 0 Å². The van der Waals surface area contributed by atoms with Gasteiger partial charge in [0, 0.05) is 22.5 Å². The lowest BCUT2D eigenvalue weighted by atomic mass is 10.2. The Morgan fingerprint density at radius 1 is 0.469 bits per heavy atom. The number of nitrogens with one attached hydrogen (secondary N) is 2. The van der Waals surface area contributed by atoms with E-state index in [0.717, 1.165) is 12.1 Å². The van der Waals surface area contributed by atoms with Gasteiger partial charge in [0.15, 0.2) is 0 Å². The molecule has 0 saturated carbocycles. The normalized spacial score (nSPS) is 11.0. The van der Waals surface area contributed by atoms with E-state index in [1.54, 1.807) is 48.5 Å². The molecule has 0 aliphatic heterocycles. The number of carbonyl (C=O) groups excluding carboxylic acids is 2. The fourth-order valence-corrected chi connectivity index (χ4v) is 5.92. The van der Waals surface area contributed by atoms with Crippen molar-refractivity contribution in [3.63, 3.8) is 0 Å². The molecule has 0 bridgehead atoms. The molecule has 2 amide bonds. The SMILES string of the molecule is O=C(Nc1ccc(Oc2ccc(S(=O)(=O)c3ccc(Oc4ccc(NC(=O)c5cccc(F)c5)cc4)cc3)cc2)cc1)c1cccc(F)c1. The largest absolute Gasteiger partial charge is 0.457 e. The number of ether oxygens (including phenoxy) is 2. The van der Waals surface area contributed by atoms with Gasteiger partial charge in [0.2, 0.25) is 9.84 Å². The van der Waals surface area contributed by atoms with E-state index in [0.29, 0.717) is 34.4 Å². The fraction of sp³-hybridized carbons (Fsp3) is 0. The molecule has 6 aromatic carbocycles. The highest BCUT2D eigenvalue weighted by atomic mass is 32.2. The van der Waals surface area contributed by atoms with E-state index in [1.807, 2.05) is 0 Å². The van der Waals surface area contributed by atoms with Crippen molar-refractivity contribution in [3.05, 3.63) is 168 Å². The molecular weight excluding hydrogens is 650 g/mol. The maximum absolute atomic E-state index is 13.4. The number of anilines is 2. The van der Waals surface area contributed by atoms with Gasteiger partial charge in [-0.3, -0.25) is 9.59 Å². The van der Waals surface area contributed by atoms with Gasteiger partial charge < -0.3 is 20.1 Å². The van der Waals surface area contributed by atoms with Crippen LogP contribution in [0.15, 0.2) is 155 Å². The minimum absolute atomic E-state index is 0.0693. The minimum Gasteiger partial charge on any atom is -0.457 e. The second-order valence-corrected chi connectivity index (χ2v) is 12.6. The van der Waals surface area contributed by atoms with Crippen LogP contribution in [0.5, 0.6) is 23.0 Å². The Bertz CT molecular complexity index is 2070. The lowest BCUT2D eigenvalue weighted by Gasteiger charge is -2.10. The van der Waals surface area contributed by atoms with E-state index in [1.165, 1.54) is 84.9 Å². The molecule has 0 heterocycles. The minimum atomic E-state index is -3.84. The fourth-order valence-electron chi connectivity index (χ4n) is 4.66. The van der Waals surface area contributed by atoms with Crippen molar-refractivity contribution in [1.29, 1.82) is 0 Å². The summed E-state index contributed by atoms with van der Waals surface area (Å²) >= 11 is 0. The molecule has 49 heavy (non-hydrogen) atoms. The average molecular weight is 677 g/mol. The van der Waals surface area contributed by atoms with Gasteiger partial charge in [0.05, 0.1) is 9.79 Å². The Morgan fingerprint density at radius 2 is 0.796 bits per heavy atom. The van der Waals surface area contributed by atoms with Crippen LogP contribution in [0.4, 0.5) is 20.2 Å². The standard InChI is InChI=1S/C38H26F2N2O6S/c39-27-5-1-3-25(23-27)37(43)41-29-7-11-31(12-8-29)47-33-15-19-35(20-16-33)49(45,46)36-21-17-34(18-22-36)48-32-13-9-30(10-14-32)42-38(44)26-4-2-6-28(40)24-26/h1-24H,(H,41,43)(H,42,44). The monoisotopic (exact) mass is 676 g/mol. The van der Waals surface area contributed by atoms with Crippen LogP contribution in [-0.2, 0) is 9.84 Å². The van der Waals surface area contributed by atoms with Crippen LogP contribution in [0.2, 0.25) is 0 Å². The molecule has 0 aromatic heterocycles. The third-order valence-electron chi connectivity index (χ3n) is 7.14. The molecule has 0 radical (unpaired) electrons. The van der Waals surface area contributed by atoms with Crippen LogP contribution in [0, 0.1) is 11.6 Å². The molecule has 8 nitrogen and oxygen atoms in total. The summed E-state index contributed by atoms with van der Waals surface area (Å²) in [6.45, 7) is 0. The lowest BCUT2D eigenvalue weighted by molar-refractivity contribution is 0.101. The molecule has 244 valence electrons. The van der Waals surface area contributed by atoms with Crippen molar-refractivity contribution in [2.45, 2.75) is 9.79 Å². The van der Waals surface area contributed by atoms with Crippen molar-refractivity contribution in [1.82, 2.24) is 0 Å². The Kier molecular flexibility index (Phi) is 9.45. The zero-order valence-corrected chi connectivity index (χ0v) is 26.3. The highest BCUT2D eigenvalue weighted by Gasteiger charge is 2.18. The molecule has 6 aromatic rings. The summed E-state index contributed by atoms with van der Waals surface area (Å²) < 4.78 is 65.0. The van der Waals surface area contributed by atoms with E-state index in [9.17, 15) is 26.8 Å². The number of rotatable bonds is 10. The molecule has 0 fully saturated rings. The summed E-state index contributed by atoms with van der Waals surface area (Å²) in [6.07, 6.45) is 0. The molecule has 6 rings (SSSR count). The average Bonchev–Trinajstić information content (AvgIpc) is 3.10. The molecule has 0 unspecified atom stereocenters. The van der Waals surface area contributed by atoms with Gasteiger partial charge in [-0.25, -0.2) is 17.2 Å². The third kappa shape index (κ3) is 8.16. The van der Waals surface area contributed by atoms with Crippen molar-refractivity contribution in [3.8, 4) is 23.0 Å². The number of hydrogen-bond acceptors (Lipinski definition) is 6.